The van der Waals surface area contributed by atoms with Crippen molar-refractivity contribution in [1.82, 2.24) is 10.2 Å². The third kappa shape index (κ3) is 4.22. The Morgan fingerprint density at radius 2 is 1.96 bits per heavy atom. The summed E-state index contributed by atoms with van der Waals surface area (Å²) in [5.74, 6) is 0.364. The fourth-order valence-electron chi connectivity index (χ4n) is 2.66. The molecule has 0 aliphatic carbocycles. The predicted molar refractivity (Wildman–Crippen MR) is 88.3 cm³/mol. The number of benzene rings is 1. The molecule has 1 heterocycles. The van der Waals surface area contributed by atoms with Crippen LogP contribution in [-0.4, -0.2) is 49.0 Å². The number of nitrogens with two attached hydrogens (primary N) is 1. The molecule has 0 spiro atoms. The molecule has 1 aliphatic heterocycles. The maximum atomic E-state index is 12.6. The van der Waals surface area contributed by atoms with E-state index in [1.807, 2.05) is 13.8 Å². The van der Waals surface area contributed by atoms with E-state index in [1.54, 1.807) is 36.3 Å². The van der Waals surface area contributed by atoms with E-state index in [-0.39, 0.29) is 23.8 Å². The van der Waals surface area contributed by atoms with E-state index in [0.29, 0.717) is 24.4 Å². The Balaban J connectivity index is 2.06. The van der Waals surface area contributed by atoms with Gasteiger partial charge in [-0.2, -0.15) is 0 Å². The average molecular weight is 319 g/mol. The summed E-state index contributed by atoms with van der Waals surface area (Å²) in [5.41, 5.74) is 6.37. The van der Waals surface area contributed by atoms with Gasteiger partial charge in [0.1, 0.15) is 11.8 Å². The topological polar surface area (TPSA) is 84.7 Å². The normalized spacial score (nSPS) is 18.8. The molecule has 126 valence electrons. The summed E-state index contributed by atoms with van der Waals surface area (Å²) in [6, 6.07) is 6.30. The zero-order valence-corrected chi connectivity index (χ0v) is 13.9. The average Bonchev–Trinajstić information content (AvgIpc) is 2.98. The van der Waals surface area contributed by atoms with Crippen LogP contribution in [0.5, 0.6) is 5.75 Å². The van der Waals surface area contributed by atoms with Crippen molar-refractivity contribution in [3.8, 4) is 5.75 Å². The van der Waals surface area contributed by atoms with Crippen LogP contribution >= 0.6 is 0 Å². The molecule has 0 bridgehead atoms. The number of rotatable bonds is 5. The standard InChI is InChI=1S/C17H25N3O3/c1-11(2)15(17(22)20-9-8-13(18)10-20)19-16(21)12-4-6-14(23-3)7-5-12/h4-7,11,13,15H,8-10,18H2,1-3H3,(H,19,21)/t13-,15?/m1/s1. The number of hydrogen-bond acceptors (Lipinski definition) is 4. The van der Waals surface area contributed by atoms with Crippen molar-refractivity contribution in [2.24, 2.45) is 11.7 Å². The molecule has 2 amide bonds. The monoisotopic (exact) mass is 319 g/mol. The third-order valence-electron chi connectivity index (χ3n) is 4.11. The first-order valence-electron chi connectivity index (χ1n) is 7.91. The number of nitrogens with one attached hydrogen (secondary N) is 1. The molecule has 3 N–H and O–H groups in total. The van der Waals surface area contributed by atoms with Crippen LogP contribution in [0.15, 0.2) is 24.3 Å². The van der Waals surface area contributed by atoms with Crippen molar-refractivity contribution >= 4 is 11.8 Å². The van der Waals surface area contributed by atoms with E-state index in [1.165, 1.54) is 0 Å². The van der Waals surface area contributed by atoms with Crippen molar-refractivity contribution in [1.29, 1.82) is 0 Å². The van der Waals surface area contributed by atoms with E-state index in [9.17, 15) is 9.59 Å². The summed E-state index contributed by atoms with van der Waals surface area (Å²) in [7, 11) is 1.57. The largest absolute Gasteiger partial charge is 0.497 e. The number of carbonyl (C=O) groups excluding carboxylic acids is 2. The fraction of sp³-hybridized carbons (Fsp3) is 0.529. The highest BCUT2D eigenvalue weighted by Crippen LogP contribution is 2.15. The summed E-state index contributed by atoms with van der Waals surface area (Å²) in [5, 5.41) is 2.85. The summed E-state index contributed by atoms with van der Waals surface area (Å²) in [4.78, 5) is 26.8. The minimum absolute atomic E-state index is 0.00141. The number of carbonyl (C=O) groups is 2. The van der Waals surface area contributed by atoms with Gasteiger partial charge in [-0.05, 0) is 36.6 Å². The van der Waals surface area contributed by atoms with Crippen LogP contribution in [0.3, 0.4) is 0 Å². The second kappa shape index (κ2) is 7.46. The lowest BCUT2D eigenvalue weighted by molar-refractivity contribution is -0.133. The summed E-state index contributed by atoms with van der Waals surface area (Å²) in [6.07, 6.45) is 0.809. The van der Waals surface area contributed by atoms with Crippen molar-refractivity contribution in [2.75, 3.05) is 20.2 Å². The Bertz CT molecular complexity index is 557. The molecule has 1 aromatic carbocycles. The molecule has 6 nitrogen and oxygen atoms in total. The Kier molecular flexibility index (Phi) is 5.60. The minimum atomic E-state index is -0.546. The first kappa shape index (κ1) is 17.3. The molecule has 2 atom stereocenters. The van der Waals surface area contributed by atoms with Gasteiger partial charge in [0.15, 0.2) is 0 Å². The second-order valence-electron chi connectivity index (χ2n) is 6.26. The molecule has 1 saturated heterocycles. The summed E-state index contributed by atoms with van der Waals surface area (Å²) in [6.45, 7) is 5.06. The first-order valence-corrected chi connectivity index (χ1v) is 7.91. The van der Waals surface area contributed by atoms with Crippen LogP contribution in [0, 0.1) is 5.92 Å². The highest BCUT2D eigenvalue weighted by Gasteiger charge is 2.32. The first-order chi connectivity index (χ1) is 10.9. The van der Waals surface area contributed by atoms with Gasteiger partial charge < -0.3 is 20.7 Å². The van der Waals surface area contributed by atoms with Crippen LogP contribution in [-0.2, 0) is 4.79 Å². The van der Waals surface area contributed by atoms with Gasteiger partial charge in [0.2, 0.25) is 5.91 Å². The van der Waals surface area contributed by atoms with E-state index in [0.717, 1.165) is 6.42 Å². The highest BCUT2D eigenvalue weighted by atomic mass is 16.5. The molecular formula is C17H25N3O3. The summed E-state index contributed by atoms with van der Waals surface area (Å²) >= 11 is 0. The van der Waals surface area contributed by atoms with Crippen molar-refractivity contribution in [3.63, 3.8) is 0 Å². The summed E-state index contributed by atoms with van der Waals surface area (Å²) < 4.78 is 5.08. The number of ether oxygens (including phenoxy) is 1. The lowest BCUT2D eigenvalue weighted by Gasteiger charge is -2.26. The maximum Gasteiger partial charge on any atom is 0.251 e. The van der Waals surface area contributed by atoms with Gasteiger partial charge in [0.05, 0.1) is 7.11 Å². The molecule has 1 aliphatic rings. The molecule has 1 unspecified atom stereocenters. The zero-order valence-electron chi connectivity index (χ0n) is 13.9. The van der Waals surface area contributed by atoms with Gasteiger partial charge in [-0.3, -0.25) is 9.59 Å². The molecule has 23 heavy (non-hydrogen) atoms. The van der Waals surface area contributed by atoms with Crippen molar-refractivity contribution in [2.45, 2.75) is 32.4 Å². The van der Waals surface area contributed by atoms with Crippen LogP contribution < -0.4 is 15.8 Å². The van der Waals surface area contributed by atoms with E-state index in [2.05, 4.69) is 5.32 Å². The highest BCUT2D eigenvalue weighted by molar-refractivity contribution is 5.97. The molecule has 0 aromatic heterocycles. The van der Waals surface area contributed by atoms with Crippen LogP contribution in [0.1, 0.15) is 30.6 Å². The van der Waals surface area contributed by atoms with Gasteiger partial charge >= 0.3 is 0 Å². The Hall–Kier alpha value is -2.08. The number of methoxy groups -OCH3 is 1. The predicted octanol–water partition coefficient (Wildman–Crippen LogP) is 1.01. The van der Waals surface area contributed by atoms with Gasteiger partial charge in [-0.1, -0.05) is 13.8 Å². The Labute approximate surface area is 137 Å². The number of amides is 2. The quantitative estimate of drug-likeness (QED) is 0.848. The molecule has 0 radical (unpaired) electrons. The zero-order chi connectivity index (χ0) is 17.0. The van der Waals surface area contributed by atoms with Crippen molar-refractivity contribution < 1.29 is 14.3 Å². The van der Waals surface area contributed by atoms with Gasteiger partial charge in [-0.15, -0.1) is 0 Å². The van der Waals surface area contributed by atoms with Crippen LogP contribution in [0.25, 0.3) is 0 Å². The third-order valence-corrected chi connectivity index (χ3v) is 4.11. The number of likely N-dealkylation sites (tertiary alicyclic amines) is 1. The number of hydrogen-bond donors (Lipinski definition) is 2. The maximum absolute atomic E-state index is 12.6. The van der Waals surface area contributed by atoms with Gasteiger partial charge in [0.25, 0.3) is 5.91 Å². The molecule has 1 fully saturated rings. The lowest BCUT2D eigenvalue weighted by Crippen LogP contribution is -2.51. The van der Waals surface area contributed by atoms with Gasteiger partial charge in [-0.25, -0.2) is 0 Å². The minimum Gasteiger partial charge on any atom is -0.497 e. The van der Waals surface area contributed by atoms with E-state index in [4.69, 9.17) is 10.5 Å². The molecule has 1 aromatic rings. The van der Waals surface area contributed by atoms with Crippen LogP contribution in [0.2, 0.25) is 0 Å². The molecule has 6 heteroatoms. The molecule has 0 saturated carbocycles. The van der Waals surface area contributed by atoms with E-state index < -0.39 is 6.04 Å². The fourth-order valence-corrected chi connectivity index (χ4v) is 2.66. The molecular weight excluding hydrogens is 294 g/mol. The van der Waals surface area contributed by atoms with Crippen molar-refractivity contribution in [3.05, 3.63) is 29.8 Å². The van der Waals surface area contributed by atoms with E-state index >= 15 is 0 Å². The van der Waals surface area contributed by atoms with Crippen LogP contribution in [0.4, 0.5) is 0 Å². The van der Waals surface area contributed by atoms with Gasteiger partial charge in [0, 0.05) is 24.7 Å². The Morgan fingerprint density at radius 1 is 1.30 bits per heavy atom. The smallest absolute Gasteiger partial charge is 0.251 e. The Morgan fingerprint density at radius 3 is 2.43 bits per heavy atom. The number of nitrogens with zero attached hydrogens (tertiary/aromatic N) is 1. The lowest BCUT2D eigenvalue weighted by atomic mass is 10.0. The SMILES string of the molecule is COc1ccc(C(=O)NC(C(=O)N2CC[C@@H](N)C2)C(C)C)cc1. The molecule has 2 rings (SSSR count). The second-order valence-corrected chi connectivity index (χ2v) is 6.26.